The Morgan fingerprint density at radius 1 is 0.966 bits per heavy atom. The summed E-state index contributed by atoms with van der Waals surface area (Å²) in [6, 6.07) is 14.8. The van der Waals surface area contributed by atoms with Crippen LogP contribution in [0.1, 0.15) is 32.4 Å². The number of hydrogen-bond acceptors (Lipinski definition) is 4. The number of halogens is 1. The van der Waals surface area contributed by atoms with Crippen LogP contribution in [0, 0.1) is 5.82 Å². The molecule has 2 amide bonds. The van der Waals surface area contributed by atoms with E-state index < -0.39 is 17.6 Å². The standard InChI is InChI=1S/C21H17FN4O3/c22-16-8-2-1-6-14(16)12-23-20(27)18-17-9-3-4-10-26(17)19(25-18)21(28)24-13-15-7-5-11-29-15/h1-11H,12-13H2,(H,23,27)(H,24,28). The van der Waals surface area contributed by atoms with E-state index in [1.165, 1.54) is 16.7 Å². The Balaban J connectivity index is 1.55. The van der Waals surface area contributed by atoms with Crippen LogP contribution in [0.25, 0.3) is 5.52 Å². The van der Waals surface area contributed by atoms with E-state index in [9.17, 15) is 14.0 Å². The van der Waals surface area contributed by atoms with Crippen molar-refractivity contribution in [2.45, 2.75) is 13.1 Å². The third-order valence-corrected chi connectivity index (χ3v) is 4.37. The summed E-state index contributed by atoms with van der Waals surface area (Å²) in [5.41, 5.74) is 0.924. The summed E-state index contributed by atoms with van der Waals surface area (Å²) in [5, 5.41) is 5.37. The molecule has 0 saturated heterocycles. The van der Waals surface area contributed by atoms with Gasteiger partial charge in [-0.3, -0.25) is 14.0 Å². The molecule has 3 heterocycles. The Hall–Kier alpha value is -3.94. The summed E-state index contributed by atoms with van der Waals surface area (Å²) in [4.78, 5) is 29.5. The van der Waals surface area contributed by atoms with E-state index in [-0.39, 0.29) is 24.6 Å². The monoisotopic (exact) mass is 392 g/mol. The SMILES string of the molecule is O=C(NCc1ccccc1F)c1nc(C(=O)NCc2ccco2)n2ccccc12. The van der Waals surface area contributed by atoms with Gasteiger partial charge in [-0.1, -0.05) is 24.3 Å². The Labute approximate surface area is 165 Å². The van der Waals surface area contributed by atoms with E-state index in [1.54, 1.807) is 54.7 Å². The molecule has 0 aliphatic carbocycles. The lowest BCUT2D eigenvalue weighted by atomic mass is 10.2. The molecule has 146 valence electrons. The topological polar surface area (TPSA) is 88.6 Å². The molecule has 0 atom stereocenters. The smallest absolute Gasteiger partial charge is 0.288 e. The molecule has 4 rings (SSSR count). The van der Waals surface area contributed by atoms with Crippen LogP contribution in [0.2, 0.25) is 0 Å². The van der Waals surface area contributed by atoms with Crippen molar-refractivity contribution in [3.8, 4) is 0 Å². The molecule has 1 aromatic carbocycles. The van der Waals surface area contributed by atoms with Crippen molar-refractivity contribution in [1.82, 2.24) is 20.0 Å². The van der Waals surface area contributed by atoms with Crippen LogP contribution in [-0.4, -0.2) is 21.2 Å². The fourth-order valence-electron chi connectivity index (χ4n) is 2.93. The second-order valence-corrected chi connectivity index (χ2v) is 6.28. The van der Waals surface area contributed by atoms with Gasteiger partial charge in [0.25, 0.3) is 11.8 Å². The average Bonchev–Trinajstić information content (AvgIpc) is 3.39. The zero-order valence-corrected chi connectivity index (χ0v) is 15.3. The number of carbonyl (C=O) groups excluding carboxylic acids is 2. The van der Waals surface area contributed by atoms with Gasteiger partial charge in [-0.25, -0.2) is 9.37 Å². The number of rotatable bonds is 6. The number of amides is 2. The minimum Gasteiger partial charge on any atom is -0.467 e. The zero-order chi connectivity index (χ0) is 20.2. The predicted molar refractivity (Wildman–Crippen MR) is 103 cm³/mol. The lowest BCUT2D eigenvalue weighted by Crippen LogP contribution is -2.26. The first-order valence-corrected chi connectivity index (χ1v) is 8.93. The maximum Gasteiger partial charge on any atom is 0.288 e. The summed E-state index contributed by atoms with van der Waals surface area (Å²) in [5.74, 6) is -0.677. The molecule has 0 unspecified atom stereocenters. The number of hydrogen-bond donors (Lipinski definition) is 2. The number of pyridine rings is 1. The van der Waals surface area contributed by atoms with Crippen molar-refractivity contribution in [1.29, 1.82) is 0 Å². The van der Waals surface area contributed by atoms with Crippen molar-refractivity contribution in [3.05, 3.63) is 95.7 Å². The molecule has 29 heavy (non-hydrogen) atoms. The number of carbonyl (C=O) groups is 2. The Morgan fingerprint density at radius 3 is 2.55 bits per heavy atom. The quantitative estimate of drug-likeness (QED) is 0.528. The molecule has 0 aliphatic rings. The first kappa shape index (κ1) is 18.4. The molecule has 0 aliphatic heterocycles. The Kier molecular flexibility index (Phi) is 5.07. The van der Waals surface area contributed by atoms with Gasteiger partial charge in [0.2, 0.25) is 5.82 Å². The van der Waals surface area contributed by atoms with E-state index >= 15 is 0 Å². The van der Waals surface area contributed by atoms with Gasteiger partial charge in [-0.15, -0.1) is 0 Å². The van der Waals surface area contributed by atoms with Crippen molar-refractivity contribution < 1.29 is 18.4 Å². The fraction of sp³-hybridized carbons (Fsp3) is 0.0952. The van der Waals surface area contributed by atoms with Crippen LogP contribution in [-0.2, 0) is 13.1 Å². The van der Waals surface area contributed by atoms with E-state index in [4.69, 9.17) is 4.42 Å². The molecule has 7 nitrogen and oxygen atoms in total. The van der Waals surface area contributed by atoms with Crippen LogP contribution in [0.3, 0.4) is 0 Å². The van der Waals surface area contributed by atoms with Gasteiger partial charge >= 0.3 is 0 Å². The number of benzene rings is 1. The third kappa shape index (κ3) is 3.86. The van der Waals surface area contributed by atoms with Gasteiger partial charge in [-0.05, 0) is 30.3 Å². The van der Waals surface area contributed by atoms with Gasteiger partial charge < -0.3 is 15.1 Å². The molecule has 4 aromatic rings. The second kappa shape index (κ2) is 7.97. The van der Waals surface area contributed by atoms with E-state index in [2.05, 4.69) is 15.6 Å². The van der Waals surface area contributed by atoms with Gasteiger partial charge in [0.15, 0.2) is 5.69 Å². The van der Waals surface area contributed by atoms with Crippen LogP contribution < -0.4 is 10.6 Å². The Morgan fingerprint density at radius 2 is 1.76 bits per heavy atom. The molecular formula is C21H17FN4O3. The van der Waals surface area contributed by atoms with Gasteiger partial charge in [0.05, 0.1) is 18.3 Å². The number of imidazole rings is 1. The first-order chi connectivity index (χ1) is 14.1. The maximum atomic E-state index is 13.8. The highest BCUT2D eigenvalue weighted by atomic mass is 19.1. The largest absolute Gasteiger partial charge is 0.467 e. The summed E-state index contributed by atoms with van der Waals surface area (Å²) >= 11 is 0. The number of aromatic nitrogens is 2. The predicted octanol–water partition coefficient (Wildman–Crippen LogP) is 2.93. The molecule has 3 aromatic heterocycles. The van der Waals surface area contributed by atoms with Gasteiger partial charge in [0, 0.05) is 18.3 Å². The average molecular weight is 392 g/mol. The van der Waals surface area contributed by atoms with Crippen molar-refractivity contribution >= 4 is 17.3 Å². The highest BCUT2D eigenvalue weighted by Crippen LogP contribution is 2.14. The molecule has 0 radical (unpaired) electrons. The number of nitrogens with zero attached hydrogens (tertiary/aromatic N) is 2. The number of nitrogens with one attached hydrogen (secondary N) is 2. The fourth-order valence-corrected chi connectivity index (χ4v) is 2.93. The second-order valence-electron chi connectivity index (χ2n) is 6.28. The van der Waals surface area contributed by atoms with Crippen molar-refractivity contribution in [2.75, 3.05) is 0 Å². The third-order valence-electron chi connectivity index (χ3n) is 4.37. The van der Waals surface area contributed by atoms with E-state index in [0.29, 0.717) is 16.8 Å². The first-order valence-electron chi connectivity index (χ1n) is 8.93. The van der Waals surface area contributed by atoms with E-state index in [0.717, 1.165) is 0 Å². The zero-order valence-electron chi connectivity index (χ0n) is 15.3. The summed E-state index contributed by atoms with van der Waals surface area (Å²) in [6.45, 7) is 0.208. The minimum atomic E-state index is -0.498. The number of furan rings is 1. The minimum absolute atomic E-state index is 0.0113. The molecule has 8 heteroatoms. The van der Waals surface area contributed by atoms with Gasteiger partial charge in [0.1, 0.15) is 11.6 Å². The van der Waals surface area contributed by atoms with Crippen molar-refractivity contribution in [2.24, 2.45) is 0 Å². The summed E-state index contributed by atoms with van der Waals surface area (Å²) in [6.07, 6.45) is 3.17. The van der Waals surface area contributed by atoms with E-state index in [1.807, 2.05) is 0 Å². The Bertz CT molecular complexity index is 1170. The van der Waals surface area contributed by atoms with Crippen LogP contribution in [0.5, 0.6) is 0 Å². The normalized spacial score (nSPS) is 10.8. The lowest BCUT2D eigenvalue weighted by Gasteiger charge is -2.05. The van der Waals surface area contributed by atoms with Crippen molar-refractivity contribution in [3.63, 3.8) is 0 Å². The van der Waals surface area contributed by atoms with Crippen LogP contribution in [0.15, 0.2) is 71.5 Å². The maximum absolute atomic E-state index is 13.8. The summed E-state index contributed by atoms with van der Waals surface area (Å²) < 4.78 is 20.5. The molecule has 2 N–H and O–H groups in total. The molecular weight excluding hydrogens is 375 g/mol. The lowest BCUT2D eigenvalue weighted by molar-refractivity contribution is 0.0937. The molecule has 0 spiro atoms. The molecule has 0 fully saturated rings. The van der Waals surface area contributed by atoms with Crippen LogP contribution in [0.4, 0.5) is 4.39 Å². The highest BCUT2D eigenvalue weighted by Gasteiger charge is 2.21. The van der Waals surface area contributed by atoms with Crippen LogP contribution >= 0.6 is 0 Å². The molecule has 0 saturated carbocycles. The molecule has 0 bridgehead atoms. The summed E-state index contributed by atoms with van der Waals surface area (Å²) in [7, 11) is 0. The van der Waals surface area contributed by atoms with Gasteiger partial charge in [-0.2, -0.15) is 0 Å². The highest BCUT2D eigenvalue weighted by molar-refractivity contribution is 6.02. The number of fused-ring (bicyclic) bond motifs is 1.